The molecule has 0 spiro atoms. The van der Waals surface area contributed by atoms with Gasteiger partial charge in [-0.1, -0.05) is 0 Å². The Bertz CT molecular complexity index is 888. The maximum Gasteiger partial charge on any atom is 0.257 e. The number of pyridine rings is 1. The summed E-state index contributed by atoms with van der Waals surface area (Å²) in [6.07, 6.45) is 10.5. The number of hydrogen-bond acceptors (Lipinski definition) is 5. The summed E-state index contributed by atoms with van der Waals surface area (Å²) in [7, 11) is 1.80. The maximum absolute atomic E-state index is 12.8. The fraction of sp³-hybridized carbons (Fsp3) is 0.333. The van der Waals surface area contributed by atoms with Gasteiger partial charge in [0.25, 0.3) is 5.91 Å². The molecule has 0 saturated carbocycles. The molecule has 1 atom stereocenters. The number of nitrogens with zero attached hydrogens (tertiary/aromatic N) is 6. The van der Waals surface area contributed by atoms with Gasteiger partial charge in [0.15, 0.2) is 0 Å². The van der Waals surface area contributed by atoms with Gasteiger partial charge in [0.2, 0.25) is 0 Å². The maximum atomic E-state index is 12.8. The minimum absolute atomic E-state index is 0.0234. The Morgan fingerprint density at radius 2 is 2.12 bits per heavy atom. The molecule has 0 radical (unpaired) electrons. The third-order valence-corrected chi connectivity index (χ3v) is 4.49. The Morgan fingerprint density at radius 3 is 2.88 bits per heavy atom. The van der Waals surface area contributed by atoms with Gasteiger partial charge in [-0.15, -0.1) is 0 Å². The second-order valence-corrected chi connectivity index (χ2v) is 6.41. The van der Waals surface area contributed by atoms with Crippen LogP contribution in [0, 0.1) is 0 Å². The third-order valence-electron chi connectivity index (χ3n) is 4.49. The fourth-order valence-electron chi connectivity index (χ4n) is 3.18. The molecular weight excluding hydrogens is 332 g/mol. The summed E-state index contributed by atoms with van der Waals surface area (Å²) in [5.41, 5.74) is 2.67. The van der Waals surface area contributed by atoms with Crippen LogP contribution in [0.2, 0.25) is 0 Å². The van der Waals surface area contributed by atoms with Gasteiger partial charge in [-0.2, -0.15) is 5.10 Å². The predicted molar refractivity (Wildman–Crippen MR) is 93.1 cm³/mol. The van der Waals surface area contributed by atoms with E-state index >= 15 is 0 Å². The largest absolute Gasteiger partial charge is 0.375 e. The number of fused-ring (bicyclic) bond motifs is 1. The van der Waals surface area contributed by atoms with E-state index in [2.05, 4.69) is 19.6 Å². The first-order chi connectivity index (χ1) is 12.7. The van der Waals surface area contributed by atoms with Gasteiger partial charge in [-0.3, -0.25) is 14.5 Å². The predicted octanol–water partition coefficient (Wildman–Crippen LogP) is 1.43. The monoisotopic (exact) mass is 352 g/mol. The van der Waals surface area contributed by atoms with Crippen molar-refractivity contribution in [2.75, 3.05) is 13.2 Å². The smallest absolute Gasteiger partial charge is 0.257 e. The molecular formula is C18H20N6O2. The van der Waals surface area contributed by atoms with Crippen molar-refractivity contribution in [2.24, 2.45) is 7.05 Å². The number of hydrogen-bond donors (Lipinski definition) is 0. The van der Waals surface area contributed by atoms with Gasteiger partial charge in [0.05, 0.1) is 49.6 Å². The van der Waals surface area contributed by atoms with Crippen LogP contribution in [0.4, 0.5) is 0 Å². The molecule has 0 N–H and O–H groups in total. The Balaban J connectivity index is 1.45. The number of aromatic nitrogens is 5. The third kappa shape index (κ3) is 3.36. The lowest BCUT2D eigenvalue weighted by atomic mass is 10.1. The van der Waals surface area contributed by atoms with E-state index in [1.807, 2.05) is 23.4 Å². The van der Waals surface area contributed by atoms with Crippen molar-refractivity contribution in [3.8, 4) is 0 Å². The molecule has 0 bridgehead atoms. The van der Waals surface area contributed by atoms with Crippen molar-refractivity contribution in [3.05, 3.63) is 66.3 Å². The molecule has 26 heavy (non-hydrogen) atoms. The standard InChI is InChI=1S/C18H20N6O2/c1-22-8-15(6-21-22)18(25)23-9-16-7-20-13-24(16)17(10-23)12-26-11-14-2-4-19-5-3-14/h2-8,13,17H,9-12H2,1H3/t17-/m0/s1. The van der Waals surface area contributed by atoms with E-state index < -0.39 is 0 Å². The zero-order chi connectivity index (χ0) is 17.9. The molecule has 0 aliphatic carbocycles. The van der Waals surface area contributed by atoms with Crippen LogP contribution in [0.15, 0.2) is 49.4 Å². The molecule has 1 amide bonds. The summed E-state index contributed by atoms with van der Waals surface area (Å²) >= 11 is 0. The lowest BCUT2D eigenvalue weighted by Crippen LogP contribution is -2.42. The van der Waals surface area contributed by atoms with Crippen LogP contribution >= 0.6 is 0 Å². The summed E-state index contributed by atoms with van der Waals surface area (Å²) in [4.78, 5) is 22.9. The molecule has 3 aromatic rings. The van der Waals surface area contributed by atoms with Crippen molar-refractivity contribution in [2.45, 2.75) is 19.2 Å². The van der Waals surface area contributed by atoms with Crippen molar-refractivity contribution >= 4 is 5.91 Å². The second kappa shape index (κ2) is 7.09. The molecule has 1 aliphatic rings. The summed E-state index contributed by atoms with van der Waals surface area (Å²) in [5, 5.41) is 4.09. The van der Waals surface area contributed by atoms with E-state index in [1.165, 1.54) is 0 Å². The van der Waals surface area contributed by atoms with Crippen molar-refractivity contribution in [1.82, 2.24) is 29.2 Å². The van der Waals surface area contributed by atoms with Crippen LogP contribution in [0.1, 0.15) is 27.7 Å². The Hall–Kier alpha value is -3.00. The molecule has 0 fully saturated rings. The lowest BCUT2D eigenvalue weighted by molar-refractivity contribution is 0.0480. The Morgan fingerprint density at radius 1 is 1.27 bits per heavy atom. The van der Waals surface area contributed by atoms with Crippen molar-refractivity contribution in [1.29, 1.82) is 0 Å². The molecule has 134 valence electrons. The van der Waals surface area contributed by atoms with Crippen LogP contribution < -0.4 is 0 Å². The first kappa shape index (κ1) is 16.5. The average Bonchev–Trinajstić information content (AvgIpc) is 3.30. The highest BCUT2D eigenvalue weighted by atomic mass is 16.5. The van der Waals surface area contributed by atoms with E-state index in [1.54, 1.807) is 42.7 Å². The van der Waals surface area contributed by atoms with E-state index in [0.717, 1.165) is 11.3 Å². The summed E-state index contributed by atoms with van der Waals surface area (Å²) in [6, 6.07) is 3.90. The van der Waals surface area contributed by atoms with E-state index in [9.17, 15) is 4.79 Å². The van der Waals surface area contributed by atoms with Gasteiger partial charge < -0.3 is 14.2 Å². The normalized spacial score (nSPS) is 16.5. The molecule has 4 rings (SSSR count). The first-order valence-electron chi connectivity index (χ1n) is 8.46. The van der Waals surface area contributed by atoms with Crippen LogP contribution in [0.25, 0.3) is 0 Å². The Labute approximate surface area is 151 Å². The number of rotatable bonds is 5. The van der Waals surface area contributed by atoms with Crippen LogP contribution in [0.5, 0.6) is 0 Å². The number of aryl methyl sites for hydroxylation is 1. The van der Waals surface area contributed by atoms with Crippen LogP contribution in [0.3, 0.4) is 0 Å². The minimum Gasteiger partial charge on any atom is -0.375 e. The molecule has 0 saturated heterocycles. The molecule has 8 nitrogen and oxygen atoms in total. The number of ether oxygens (including phenoxy) is 1. The van der Waals surface area contributed by atoms with Gasteiger partial charge in [-0.25, -0.2) is 4.98 Å². The van der Waals surface area contributed by atoms with E-state index in [4.69, 9.17) is 4.74 Å². The van der Waals surface area contributed by atoms with Gasteiger partial charge in [-0.05, 0) is 17.7 Å². The minimum atomic E-state index is -0.0234. The van der Waals surface area contributed by atoms with Gasteiger partial charge in [0, 0.05) is 38.4 Å². The van der Waals surface area contributed by atoms with Crippen molar-refractivity contribution < 1.29 is 9.53 Å². The van der Waals surface area contributed by atoms with Gasteiger partial charge >= 0.3 is 0 Å². The molecule has 1 aliphatic heterocycles. The lowest BCUT2D eigenvalue weighted by Gasteiger charge is -2.34. The molecule has 4 heterocycles. The quantitative estimate of drug-likeness (QED) is 0.694. The molecule has 8 heteroatoms. The highest BCUT2D eigenvalue weighted by molar-refractivity contribution is 5.93. The van der Waals surface area contributed by atoms with Crippen molar-refractivity contribution in [3.63, 3.8) is 0 Å². The SMILES string of the molecule is Cn1cc(C(=O)N2Cc3cncn3[C@H](COCc3ccncc3)C2)cn1. The highest BCUT2D eigenvalue weighted by Crippen LogP contribution is 2.23. The zero-order valence-electron chi connectivity index (χ0n) is 14.5. The molecule has 0 aromatic carbocycles. The van der Waals surface area contributed by atoms with Gasteiger partial charge in [0.1, 0.15) is 0 Å². The molecule has 3 aromatic heterocycles. The van der Waals surface area contributed by atoms with Crippen LogP contribution in [-0.4, -0.2) is 48.3 Å². The summed E-state index contributed by atoms with van der Waals surface area (Å²) in [6.45, 7) is 2.13. The second-order valence-electron chi connectivity index (χ2n) is 6.41. The fourth-order valence-corrected chi connectivity index (χ4v) is 3.18. The Kier molecular flexibility index (Phi) is 4.49. The van der Waals surface area contributed by atoms with E-state index in [0.29, 0.717) is 31.9 Å². The summed E-state index contributed by atoms with van der Waals surface area (Å²) in [5.74, 6) is -0.0234. The first-order valence-corrected chi connectivity index (χ1v) is 8.46. The number of imidazole rings is 1. The zero-order valence-corrected chi connectivity index (χ0v) is 14.5. The number of carbonyl (C=O) groups excluding carboxylic acids is 1. The summed E-state index contributed by atoms with van der Waals surface area (Å²) < 4.78 is 9.62. The van der Waals surface area contributed by atoms with E-state index in [-0.39, 0.29) is 11.9 Å². The number of amides is 1. The number of carbonyl (C=O) groups is 1. The topological polar surface area (TPSA) is 78.1 Å². The molecule has 0 unspecified atom stereocenters. The highest BCUT2D eigenvalue weighted by Gasteiger charge is 2.29. The average molecular weight is 352 g/mol. The van der Waals surface area contributed by atoms with Crippen LogP contribution in [-0.2, 0) is 24.9 Å².